The van der Waals surface area contributed by atoms with Gasteiger partial charge in [0.15, 0.2) is 0 Å². The van der Waals surface area contributed by atoms with Gasteiger partial charge >= 0.3 is 5.97 Å². The number of nitrogens with zero attached hydrogens (tertiary/aromatic N) is 2. The molecular weight excluding hydrogens is 562 g/mol. The molecule has 0 aliphatic carbocycles. The minimum absolute atomic E-state index is 0.00980. The summed E-state index contributed by atoms with van der Waals surface area (Å²) in [6.45, 7) is 4.06. The number of anilines is 2. The molecule has 1 amide bonds. The number of methoxy groups -OCH3 is 1. The molecule has 5 rings (SSSR count). The number of fused-ring (bicyclic) bond motifs is 1. The van der Waals surface area contributed by atoms with Gasteiger partial charge in [0.25, 0.3) is 10.0 Å². The van der Waals surface area contributed by atoms with Crippen molar-refractivity contribution in [2.24, 2.45) is 0 Å². The standard InChI is InChI=1S/C30H29N3O6S2/c1-19-8-9-20(2)25(14-19)32-28(34)16-29-31-22(18-40-29)17-39-30(35)24-15-23(10-11-27(24)38-3)41(36,37)33-13-12-21-6-4-5-7-26(21)33/h4-11,14-15,18H,12-13,16-17H2,1-3H3,(H,32,34). The molecule has 1 aromatic heterocycles. The Morgan fingerprint density at radius 1 is 1.07 bits per heavy atom. The van der Waals surface area contributed by atoms with Crippen LogP contribution in [-0.4, -0.2) is 38.9 Å². The summed E-state index contributed by atoms with van der Waals surface area (Å²) < 4.78 is 39.1. The van der Waals surface area contributed by atoms with Gasteiger partial charge in [-0.2, -0.15) is 0 Å². The number of amides is 1. The number of sulfonamides is 1. The van der Waals surface area contributed by atoms with E-state index in [9.17, 15) is 18.0 Å². The van der Waals surface area contributed by atoms with Gasteiger partial charge in [0, 0.05) is 17.6 Å². The molecule has 0 unspecified atom stereocenters. The summed E-state index contributed by atoms with van der Waals surface area (Å²) in [5.74, 6) is -0.749. The molecule has 212 valence electrons. The fraction of sp³-hybridized carbons (Fsp3) is 0.233. The molecule has 11 heteroatoms. The van der Waals surface area contributed by atoms with E-state index in [4.69, 9.17) is 9.47 Å². The van der Waals surface area contributed by atoms with Crippen LogP contribution in [0.1, 0.15) is 37.7 Å². The number of aryl methyl sites for hydroxylation is 2. The highest BCUT2D eigenvalue weighted by Gasteiger charge is 2.32. The van der Waals surface area contributed by atoms with E-state index in [0.717, 1.165) is 22.4 Å². The maximum absolute atomic E-state index is 13.5. The average molecular weight is 592 g/mol. The Morgan fingerprint density at radius 3 is 2.68 bits per heavy atom. The van der Waals surface area contributed by atoms with Gasteiger partial charge in [0.1, 0.15) is 22.9 Å². The lowest BCUT2D eigenvalue weighted by molar-refractivity contribution is -0.115. The van der Waals surface area contributed by atoms with Gasteiger partial charge in [0.05, 0.1) is 29.8 Å². The quantitative estimate of drug-likeness (QED) is 0.271. The first kappa shape index (κ1) is 28.3. The third-order valence-corrected chi connectivity index (χ3v) is 9.46. The number of carbonyl (C=O) groups is 2. The summed E-state index contributed by atoms with van der Waals surface area (Å²) in [5.41, 5.74) is 4.83. The molecular formula is C30H29N3O6S2. The molecule has 41 heavy (non-hydrogen) atoms. The number of aromatic nitrogens is 1. The van der Waals surface area contributed by atoms with Crippen LogP contribution in [0.2, 0.25) is 0 Å². The van der Waals surface area contributed by atoms with E-state index in [1.165, 1.54) is 41.0 Å². The number of esters is 1. The Hall–Kier alpha value is -4.22. The van der Waals surface area contributed by atoms with Crippen molar-refractivity contribution in [1.29, 1.82) is 0 Å². The summed E-state index contributed by atoms with van der Waals surface area (Å²) in [6, 6.07) is 17.3. The Kier molecular flexibility index (Phi) is 8.09. The van der Waals surface area contributed by atoms with Crippen LogP contribution >= 0.6 is 11.3 Å². The zero-order valence-corrected chi connectivity index (χ0v) is 24.5. The van der Waals surface area contributed by atoms with E-state index < -0.39 is 16.0 Å². The van der Waals surface area contributed by atoms with Gasteiger partial charge in [-0.25, -0.2) is 18.2 Å². The molecule has 0 spiro atoms. The first-order chi connectivity index (χ1) is 19.7. The molecule has 1 aliphatic rings. The molecule has 0 saturated heterocycles. The zero-order valence-electron chi connectivity index (χ0n) is 22.8. The molecule has 0 saturated carbocycles. The molecule has 0 radical (unpaired) electrons. The highest BCUT2D eigenvalue weighted by Crippen LogP contribution is 2.34. The van der Waals surface area contributed by atoms with E-state index in [0.29, 0.717) is 29.4 Å². The van der Waals surface area contributed by atoms with Crippen molar-refractivity contribution >= 4 is 44.6 Å². The number of para-hydroxylation sites is 1. The number of carbonyl (C=O) groups excluding carboxylic acids is 2. The van der Waals surface area contributed by atoms with E-state index in [2.05, 4.69) is 10.3 Å². The van der Waals surface area contributed by atoms with E-state index in [-0.39, 0.29) is 35.1 Å². The number of hydrogen-bond donors (Lipinski definition) is 1. The summed E-state index contributed by atoms with van der Waals surface area (Å²) in [7, 11) is -2.52. The topological polar surface area (TPSA) is 115 Å². The third-order valence-electron chi connectivity index (χ3n) is 6.75. The van der Waals surface area contributed by atoms with Crippen LogP contribution in [-0.2, 0) is 39.0 Å². The second-order valence-corrected chi connectivity index (χ2v) is 12.5. The highest BCUT2D eigenvalue weighted by atomic mass is 32.2. The van der Waals surface area contributed by atoms with Crippen molar-refractivity contribution in [3.63, 3.8) is 0 Å². The second-order valence-electron chi connectivity index (χ2n) is 9.67. The highest BCUT2D eigenvalue weighted by molar-refractivity contribution is 7.92. The van der Waals surface area contributed by atoms with Crippen molar-refractivity contribution in [1.82, 2.24) is 4.98 Å². The van der Waals surface area contributed by atoms with E-state index in [1.807, 2.05) is 44.2 Å². The number of ether oxygens (including phenoxy) is 2. The smallest absolute Gasteiger partial charge is 0.342 e. The third kappa shape index (κ3) is 6.10. The predicted molar refractivity (Wildman–Crippen MR) is 157 cm³/mol. The average Bonchev–Trinajstić information content (AvgIpc) is 3.60. The lowest BCUT2D eigenvalue weighted by atomic mass is 10.1. The van der Waals surface area contributed by atoms with Crippen LogP contribution in [0.4, 0.5) is 11.4 Å². The first-order valence-corrected chi connectivity index (χ1v) is 15.2. The summed E-state index contributed by atoms with van der Waals surface area (Å²) in [5, 5.41) is 5.21. The SMILES string of the molecule is COc1ccc(S(=O)(=O)N2CCc3ccccc32)cc1C(=O)OCc1csc(CC(=O)Nc2cc(C)ccc2C)n1. The fourth-order valence-electron chi connectivity index (χ4n) is 4.61. The lowest BCUT2D eigenvalue weighted by Crippen LogP contribution is -2.29. The van der Waals surface area contributed by atoms with Crippen LogP contribution in [0.3, 0.4) is 0 Å². The number of nitrogens with one attached hydrogen (secondary N) is 1. The molecule has 9 nitrogen and oxygen atoms in total. The van der Waals surface area contributed by atoms with Gasteiger partial charge < -0.3 is 14.8 Å². The number of benzene rings is 3. The molecule has 1 aliphatic heterocycles. The maximum atomic E-state index is 13.5. The first-order valence-electron chi connectivity index (χ1n) is 12.9. The van der Waals surface area contributed by atoms with Gasteiger partial charge in [-0.3, -0.25) is 9.10 Å². The summed E-state index contributed by atoms with van der Waals surface area (Å²) in [6.07, 6.45) is 0.697. The number of hydrogen-bond acceptors (Lipinski definition) is 8. The minimum atomic E-state index is -3.91. The van der Waals surface area contributed by atoms with E-state index in [1.54, 1.807) is 17.5 Å². The molecule has 2 heterocycles. The van der Waals surface area contributed by atoms with Gasteiger partial charge in [-0.1, -0.05) is 30.3 Å². The van der Waals surface area contributed by atoms with Gasteiger partial charge in [-0.05, 0) is 67.3 Å². The van der Waals surface area contributed by atoms with E-state index >= 15 is 0 Å². The van der Waals surface area contributed by atoms with Crippen LogP contribution in [0.15, 0.2) is 70.9 Å². The molecule has 4 aromatic rings. The Morgan fingerprint density at radius 2 is 1.88 bits per heavy atom. The summed E-state index contributed by atoms with van der Waals surface area (Å²) in [4.78, 5) is 30.0. The molecule has 1 N–H and O–H groups in total. The second kappa shape index (κ2) is 11.7. The van der Waals surface area contributed by atoms with Crippen LogP contribution in [0.5, 0.6) is 5.75 Å². The van der Waals surface area contributed by atoms with Crippen molar-refractivity contribution in [2.45, 2.75) is 38.2 Å². The monoisotopic (exact) mass is 591 g/mol. The lowest BCUT2D eigenvalue weighted by Gasteiger charge is -2.20. The van der Waals surface area contributed by atoms with Crippen LogP contribution in [0.25, 0.3) is 0 Å². The normalized spacial score (nSPS) is 12.6. The fourth-order valence-corrected chi connectivity index (χ4v) is 6.92. The van der Waals surface area contributed by atoms with Gasteiger partial charge in [-0.15, -0.1) is 11.3 Å². The Bertz CT molecular complexity index is 1730. The Balaban J connectivity index is 1.25. The zero-order chi connectivity index (χ0) is 29.1. The molecule has 0 fully saturated rings. The van der Waals surface area contributed by atoms with Crippen LogP contribution < -0.4 is 14.4 Å². The molecule has 0 bridgehead atoms. The van der Waals surface area contributed by atoms with Gasteiger partial charge in [0.2, 0.25) is 5.91 Å². The maximum Gasteiger partial charge on any atom is 0.342 e. The van der Waals surface area contributed by atoms with Crippen molar-refractivity contribution in [3.05, 3.63) is 99.0 Å². The largest absolute Gasteiger partial charge is 0.496 e. The van der Waals surface area contributed by atoms with Crippen molar-refractivity contribution in [2.75, 3.05) is 23.3 Å². The minimum Gasteiger partial charge on any atom is -0.496 e. The number of thiazole rings is 1. The molecule has 0 atom stereocenters. The Labute approximate surface area is 242 Å². The van der Waals surface area contributed by atoms with Crippen molar-refractivity contribution < 1.29 is 27.5 Å². The summed E-state index contributed by atoms with van der Waals surface area (Å²) >= 11 is 1.29. The predicted octanol–water partition coefficient (Wildman–Crippen LogP) is 5.06. The molecule has 3 aromatic carbocycles. The van der Waals surface area contributed by atoms with Crippen molar-refractivity contribution in [3.8, 4) is 5.75 Å². The number of rotatable bonds is 9. The van der Waals surface area contributed by atoms with Crippen LogP contribution in [0, 0.1) is 13.8 Å².